The van der Waals surface area contributed by atoms with E-state index in [4.69, 9.17) is 5.73 Å². The van der Waals surface area contributed by atoms with Gasteiger partial charge in [-0.1, -0.05) is 53.7 Å². The van der Waals surface area contributed by atoms with E-state index in [1.54, 1.807) is 6.92 Å². The average Bonchev–Trinajstić information content (AvgIpc) is 2.82. The van der Waals surface area contributed by atoms with Crippen molar-refractivity contribution < 1.29 is 4.79 Å². The van der Waals surface area contributed by atoms with Crippen LogP contribution in [0.1, 0.15) is 20.8 Å². The number of hydrogen-bond acceptors (Lipinski definition) is 3. The number of imidazole rings is 1. The highest BCUT2D eigenvalue weighted by Crippen LogP contribution is 2.30. The molecule has 22 heavy (non-hydrogen) atoms. The van der Waals surface area contributed by atoms with Gasteiger partial charge in [0, 0.05) is 11.0 Å². The number of carbonyl (C=O) groups is 1. The van der Waals surface area contributed by atoms with E-state index in [2.05, 4.69) is 51.5 Å². The molecule has 0 fully saturated rings. The molecule has 1 amide bonds. The predicted molar refractivity (Wildman–Crippen MR) is 94.7 cm³/mol. The largest absolute Gasteiger partial charge is 0.369 e. The highest BCUT2D eigenvalue weighted by molar-refractivity contribution is 9.10. The van der Waals surface area contributed by atoms with Crippen molar-refractivity contribution in [2.45, 2.75) is 37.7 Å². The van der Waals surface area contributed by atoms with Gasteiger partial charge in [0.15, 0.2) is 5.16 Å². The topological polar surface area (TPSA) is 60.9 Å². The molecule has 1 atom stereocenters. The van der Waals surface area contributed by atoms with Crippen LogP contribution in [0, 0.1) is 5.92 Å². The maximum absolute atomic E-state index is 11.3. The van der Waals surface area contributed by atoms with Crippen LogP contribution in [0.2, 0.25) is 0 Å². The van der Waals surface area contributed by atoms with Gasteiger partial charge in [-0.25, -0.2) is 4.98 Å². The number of benzene rings is 1. The van der Waals surface area contributed by atoms with Gasteiger partial charge in [-0.05, 0) is 30.5 Å². The molecule has 6 heteroatoms. The fourth-order valence-corrected chi connectivity index (χ4v) is 3.17. The molecule has 1 aromatic heterocycles. The Morgan fingerprint density at radius 3 is 2.50 bits per heavy atom. The summed E-state index contributed by atoms with van der Waals surface area (Å²) in [5.74, 6) is 0.154. The summed E-state index contributed by atoms with van der Waals surface area (Å²) in [6.45, 7) is 6.98. The molecule has 0 aliphatic rings. The molecule has 0 aliphatic carbocycles. The van der Waals surface area contributed by atoms with Gasteiger partial charge >= 0.3 is 0 Å². The van der Waals surface area contributed by atoms with Crippen LogP contribution in [0.3, 0.4) is 0 Å². The Labute approximate surface area is 143 Å². The second kappa shape index (κ2) is 7.33. The highest BCUT2D eigenvalue weighted by Gasteiger charge is 2.18. The van der Waals surface area contributed by atoms with Crippen molar-refractivity contribution in [2.24, 2.45) is 11.7 Å². The number of amides is 1. The van der Waals surface area contributed by atoms with Crippen molar-refractivity contribution >= 4 is 33.6 Å². The molecular weight excluding hydrogens is 362 g/mol. The zero-order chi connectivity index (χ0) is 16.3. The smallest absolute Gasteiger partial charge is 0.230 e. The van der Waals surface area contributed by atoms with E-state index in [1.807, 2.05) is 18.3 Å². The first-order valence-corrected chi connectivity index (χ1v) is 8.83. The van der Waals surface area contributed by atoms with Gasteiger partial charge in [0.05, 0.1) is 17.1 Å². The second-order valence-corrected chi connectivity index (χ2v) is 7.82. The van der Waals surface area contributed by atoms with Crippen LogP contribution in [0.25, 0.3) is 11.3 Å². The number of nitrogens with two attached hydrogens (primary N) is 1. The molecule has 0 bridgehead atoms. The number of carbonyl (C=O) groups excluding carboxylic acids is 1. The Bertz CT molecular complexity index is 652. The molecule has 1 heterocycles. The SMILES string of the molecule is CC(C)Cn1c(-c2ccc(Br)cc2)cnc1SC(C)C(N)=O. The lowest BCUT2D eigenvalue weighted by Crippen LogP contribution is -2.23. The number of halogens is 1. The summed E-state index contributed by atoms with van der Waals surface area (Å²) in [6, 6.07) is 8.15. The molecule has 0 aliphatic heterocycles. The van der Waals surface area contributed by atoms with Crippen molar-refractivity contribution in [1.82, 2.24) is 9.55 Å². The number of hydrogen-bond donors (Lipinski definition) is 1. The van der Waals surface area contributed by atoms with Gasteiger partial charge in [-0.2, -0.15) is 0 Å². The second-order valence-electron chi connectivity index (χ2n) is 5.60. The van der Waals surface area contributed by atoms with E-state index in [-0.39, 0.29) is 11.2 Å². The average molecular weight is 382 g/mol. The third-order valence-electron chi connectivity index (χ3n) is 3.19. The van der Waals surface area contributed by atoms with Crippen molar-refractivity contribution in [2.75, 3.05) is 0 Å². The molecule has 2 aromatic rings. The Balaban J connectivity index is 2.39. The lowest BCUT2D eigenvalue weighted by Gasteiger charge is -2.15. The van der Waals surface area contributed by atoms with Crippen LogP contribution < -0.4 is 5.73 Å². The van der Waals surface area contributed by atoms with Crippen molar-refractivity contribution in [1.29, 1.82) is 0 Å². The van der Waals surface area contributed by atoms with E-state index in [1.165, 1.54) is 11.8 Å². The number of rotatable bonds is 6. The molecule has 0 saturated carbocycles. The summed E-state index contributed by atoms with van der Waals surface area (Å²) in [5, 5.41) is 0.531. The van der Waals surface area contributed by atoms with Gasteiger partial charge in [-0.3, -0.25) is 4.79 Å². The summed E-state index contributed by atoms with van der Waals surface area (Å²) < 4.78 is 3.21. The van der Waals surface area contributed by atoms with Crippen molar-refractivity contribution in [3.05, 3.63) is 34.9 Å². The normalized spacial score (nSPS) is 12.6. The van der Waals surface area contributed by atoms with Gasteiger partial charge in [0.25, 0.3) is 0 Å². The van der Waals surface area contributed by atoms with Crippen LogP contribution >= 0.6 is 27.7 Å². The lowest BCUT2D eigenvalue weighted by molar-refractivity contribution is -0.117. The summed E-state index contributed by atoms with van der Waals surface area (Å²) in [6.07, 6.45) is 1.86. The van der Waals surface area contributed by atoms with Gasteiger partial charge in [-0.15, -0.1) is 0 Å². The third-order valence-corrected chi connectivity index (χ3v) is 4.84. The predicted octanol–water partition coefficient (Wildman–Crippen LogP) is 3.93. The molecule has 0 radical (unpaired) electrons. The summed E-state index contributed by atoms with van der Waals surface area (Å²) in [4.78, 5) is 15.8. The molecule has 1 aromatic carbocycles. The minimum Gasteiger partial charge on any atom is -0.369 e. The summed E-state index contributed by atoms with van der Waals surface area (Å²) >= 11 is 4.86. The van der Waals surface area contributed by atoms with E-state index in [9.17, 15) is 4.79 Å². The molecule has 1 unspecified atom stereocenters. The van der Waals surface area contributed by atoms with Crippen LogP contribution in [0.4, 0.5) is 0 Å². The molecule has 0 spiro atoms. The van der Waals surface area contributed by atoms with E-state index < -0.39 is 0 Å². The fourth-order valence-electron chi connectivity index (χ4n) is 2.06. The van der Waals surface area contributed by atoms with Crippen LogP contribution in [0.15, 0.2) is 40.1 Å². The first kappa shape index (κ1) is 17.1. The molecule has 2 N–H and O–H groups in total. The summed E-state index contributed by atoms with van der Waals surface area (Å²) in [7, 11) is 0. The summed E-state index contributed by atoms with van der Waals surface area (Å²) in [5.41, 5.74) is 7.53. The van der Waals surface area contributed by atoms with E-state index >= 15 is 0 Å². The Kier molecular flexibility index (Phi) is 5.69. The first-order chi connectivity index (χ1) is 10.4. The van der Waals surface area contributed by atoms with E-state index in [0.29, 0.717) is 5.92 Å². The van der Waals surface area contributed by atoms with E-state index in [0.717, 1.165) is 27.4 Å². The van der Waals surface area contributed by atoms with Crippen LogP contribution in [0.5, 0.6) is 0 Å². The Morgan fingerprint density at radius 1 is 1.32 bits per heavy atom. The maximum Gasteiger partial charge on any atom is 0.230 e. The van der Waals surface area contributed by atoms with Gasteiger partial charge in [0.1, 0.15) is 0 Å². The van der Waals surface area contributed by atoms with Crippen LogP contribution in [-0.4, -0.2) is 20.7 Å². The lowest BCUT2D eigenvalue weighted by atomic mass is 10.1. The number of thioether (sulfide) groups is 1. The number of aromatic nitrogens is 2. The first-order valence-electron chi connectivity index (χ1n) is 7.16. The fraction of sp³-hybridized carbons (Fsp3) is 0.375. The molecular formula is C16H20BrN3OS. The third kappa shape index (κ3) is 4.14. The van der Waals surface area contributed by atoms with Gasteiger partial charge in [0.2, 0.25) is 5.91 Å². The molecule has 2 rings (SSSR count). The zero-order valence-corrected chi connectivity index (χ0v) is 15.3. The molecule has 4 nitrogen and oxygen atoms in total. The standard InChI is InChI=1S/C16H20BrN3OS/c1-10(2)9-20-14(12-4-6-13(17)7-5-12)8-19-16(20)22-11(3)15(18)21/h4-8,10-11H,9H2,1-3H3,(H2,18,21). The number of nitrogens with zero attached hydrogens (tertiary/aromatic N) is 2. The minimum atomic E-state index is -0.325. The minimum absolute atomic E-state index is 0.300. The monoisotopic (exact) mass is 381 g/mol. The Morgan fingerprint density at radius 2 is 1.95 bits per heavy atom. The van der Waals surface area contributed by atoms with Crippen molar-refractivity contribution in [3.8, 4) is 11.3 Å². The number of primary amides is 1. The van der Waals surface area contributed by atoms with Crippen molar-refractivity contribution in [3.63, 3.8) is 0 Å². The van der Waals surface area contributed by atoms with Gasteiger partial charge < -0.3 is 10.3 Å². The zero-order valence-electron chi connectivity index (χ0n) is 12.9. The van der Waals surface area contributed by atoms with Crippen LogP contribution in [-0.2, 0) is 11.3 Å². The highest BCUT2D eigenvalue weighted by atomic mass is 79.9. The quantitative estimate of drug-likeness (QED) is 0.770. The Hall–Kier alpha value is -1.27. The molecule has 118 valence electrons. The maximum atomic E-state index is 11.3. The molecule has 0 saturated heterocycles.